The molecule has 0 saturated carbocycles. The Morgan fingerprint density at radius 3 is 2.47 bits per heavy atom. The van der Waals surface area contributed by atoms with Crippen LogP contribution in [0.25, 0.3) is 0 Å². The number of aromatic nitrogens is 1. The summed E-state index contributed by atoms with van der Waals surface area (Å²) >= 11 is 0. The number of methoxy groups -OCH3 is 1. The second-order valence-electron chi connectivity index (χ2n) is 4.30. The minimum atomic E-state index is -0.371. The van der Waals surface area contributed by atoms with Crippen molar-refractivity contribution in [1.82, 2.24) is 4.98 Å². The molecule has 0 aromatic carbocycles. The van der Waals surface area contributed by atoms with Crippen LogP contribution in [0.15, 0.2) is 18.3 Å². The molecule has 1 rings (SSSR count). The minimum absolute atomic E-state index is 0.0419. The Labute approximate surface area is 89.7 Å². The first-order valence-electron chi connectivity index (χ1n) is 4.75. The number of ether oxygens (including phenoxy) is 1. The van der Waals surface area contributed by atoms with Crippen molar-refractivity contribution in [1.29, 1.82) is 0 Å². The first-order chi connectivity index (χ1) is 6.92. The summed E-state index contributed by atoms with van der Waals surface area (Å²) in [5.41, 5.74) is 0.414. The summed E-state index contributed by atoms with van der Waals surface area (Å²) in [6.45, 7) is 6.13. The second-order valence-corrected chi connectivity index (χ2v) is 4.30. The quantitative estimate of drug-likeness (QED) is 0.756. The second kappa shape index (κ2) is 4.29. The monoisotopic (exact) mass is 208 g/mol. The first kappa shape index (κ1) is 11.5. The van der Waals surface area contributed by atoms with Crippen LogP contribution in [0.2, 0.25) is 0 Å². The molecule has 0 aliphatic rings. The molecule has 0 fully saturated rings. The SMILES string of the molecule is COC(=O)c1ccc(NC(C)(C)C)nc1. The smallest absolute Gasteiger partial charge is 0.339 e. The predicted molar refractivity (Wildman–Crippen MR) is 59.0 cm³/mol. The molecule has 82 valence electrons. The zero-order chi connectivity index (χ0) is 11.5. The molecule has 15 heavy (non-hydrogen) atoms. The largest absolute Gasteiger partial charge is 0.465 e. The first-order valence-corrected chi connectivity index (χ1v) is 4.75. The fourth-order valence-electron chi connectivity index (χ4n) is 1.09. The molecule has 1 aromatic rings. The van der Waals surface area contributed by atoms with Crippen LogP contribution in [0, 0.1) is 0 Å². The van der Waals surface area contributed by atoms with Gasteiger partial charge in [-0.25, -0.2) is 9.78 Å². The van der Waals surface area contributed by atoms with E-state index in [9.17, 15) is 4.79 Å². The lowest BCUT2D eigenvalue weighted by atomic mass is 10.1. The molecule has 0 aliphatic heterocycles. The number of esters is 1. The Morgan fingerprint density at radius 2 is 2.07 bits per heavy atom. The summed E-state index contributed by atoms with van der Waals surface area (Å²) in [6, 6.07) is 3.45. The molecular weight excluding hydrogens is 192 g/mol. The van der Waals surface area contributed by atoms with E-state index in [1.54, 1.807) is 12.1 Å². The molecule has 0 amide bonds. The van der Waals surface area contributed by atoms with Gasteiger partial charge in [-0.1, -0.05) is 0 Å². The molecule has 4 nitrogen and oxygen atoms in total. The Morgan fingerprint density at radius 1 is 1.40 bits per heavy atom. The molecule has 1 heterocycles. The number of rotatable bonds is 2. The lowest BCUT2D eigenvalue weighted by Crippen LogP contribution is -2.26. The summed E-state index contributed by atoms with van der Waals surface area (Å²) in [5.74, 6) is 0.375. The van der Waals surface area contributed by atoms with Gasteiger partial charge in [0, 0.05) is 11.7 Å². The van der Waals surface area contributed by atoms with Gasteiger partial charge in [0.05, 0.1) is 12.7 Å². The molecule has 4 heteroatoms. The topological polar surface area (TPSA) is 51.2 Å². The maximum absolute atomic E-state index is 11.1. The van der Waals surface area contributed by atoms with E-state index in [2.05, 4.69) is 15.0 Å². The normalized spacial score (nSPS) is 10.9. The number of nitrogens with one attached hydrogen (secondary N) is 1. The molecule has 0 saturated heterocycles. The van der Waals surface area contributed by atoms with Crippen LogP contribution in [0.1, 0.15) is 31.1 Å². The molecule has 1 N–H and O–H groups in total. The number of carbonyl (C=O) groups excluding carboxylic acids is 1. The molecule has 0 spiro atoms. The molecule has 0 atom stereocenters. The van der Waals surface area contributed by atoms with Gasteiger partial charge in [-0.3, -0.25) is 0 Å². The van der Waals surface area contributed by atoms with E-state index in [0.29, 0.717) is 5.56 Å². The number of nitrogens with zero attached hydrogens (tertiary/aromatic N) is 1. The zero-order valence-corrected chi connectivity index (χ0v) is 9.50. The molecular formula is C11H16N2O2. The summed E-state index contributed by atoms with van der Waals surface area (Å²) in [6.07, 6.45) is 1.50. The third-order valence-corrected chi connectivity index (χ3v) is 1.69. The van der Waals surface area contributed by atoms with Gasteiger partial charge in [-0.15, -0.1) is 0 Å². The Bertz CT molecular complexity index is 339. The maximum Gasteiger partial charge on any atom is 0.339 e. The van der Waals surface area contributed by atoms with Gasteiger partial charge in [0.2, 0.25) is 0 Å². The molecule has 0 radical (unpaired) electrons. The van der Waals surface area contributed by atoms with E-state index in [4.69, 9.17) is 0 Å². The van der Waals surface area contributed by atoms with Crippen molar-refractivity contribution in [2.45, 2.75) is 26.3 Å². The number of hydrogen-bond acceptors (Lipinski definition) is 4. The average Bonchev–Trinajstić information content (AvgIpc) is 2.15. The lowest BCUT2D eigenvalue weighted by Gasteiger charge is -2.21. The van der Waals surface area contributed by atoms with Crippen molar-refractivity contribution in [3.63, 3.8) is 0 Å². The Hall–Kier alpha value is -1.58. The van der Waals surface area contributed by atoms with Gasteiger partial charge in [-0.2, -0.15) is 0 Å². The van der Waals surface area contributed by atoms with E-state index in [1.165, 1.54) is 13.3 Å². The van der Waals surface area contributed by atoms with Gasteiger partial charge >= 0.3 is 5.97 Å². The van der Waals surface area contributed by atoms with Crippen molar-refractivity contribution >= 4 is 11.8 Å². The van der Waals surface area contributed by atoms with Gasteiger partial charge in [-0.05, 0) is 32.9 Å². The molecule has 1 aromatic heterocycles. The van der Waals surface area contributed by atoms with Gasteiger partial charge in [0.1, 0.15) is 5.82 Å². The van der Waals surface area contributed by atoms with E-state index in [1.807, 2.05) is 20.8 Å². The predicted octanol–water partition coefficient (Wildman–Crippen LogP) is 2.08. The molecule has 0 unspecified atom stereocenters. The maximum atomic E-state index is 11.1. The van der Waals surface area contributed by atoms with Crippen LogP contribution in [-0.2, 0) is 4.74 Å². The highest BCUT2D eigenvalue weighted by Crippen LogP contribution is 2.12. The van der Waals surface area contributed by atoms with Crippen LogP contribution < -0.4 is 5.32 Å². The third-order valence-electron chi connectivity index (χ3n) is 1.69. The number of pyridine rings is 1. The number of anilines is 1. The Balaban J connectivity index is 2.77. The lowest BCUT2D eigenvalue weighted by molar-refractivity contribution is 0.0600. The van der Waals surface area contributed by atoms with Crippen LogP contribution in [-0.4, -0.2) is 23.6 Å². The molecule has 0 bridgehead atoms. The summed E-state index contributed by atoms with van der Waals surface area (Å²) < 4.78 is 4.58. The van der Waals surface area contributed by atoms with E-state index >= 15 is 0 Å². The van der Waals surface area contributed by atoms with Gasteiger partial charge in [0.25, 0.3) is 0 Å². The third kappa shape index (κ3) is 3.58. The van der Waals surface area contributed by atoms with Gasteiger partial charge in [0.15, 0.2) is 0 Å². The van der Waals surface area contributed by atoms with Crippen molar-refractivity contribution in [2.75, 3.05) is 12.4 Å². The van der Waals surface area contributed by atoms with Crippen LogP contribution in [0.3, 0.4) is 0 Å². The van der Waals surface area contributed by atoms with Gasteiger partial charge < -0.3 is 10.1 Å². The highest BCUT2D eigenvalue weighted by Gasteiger charge is 2.11. The highest BCUT2D eigenvalue weighted by molar-refractivity contribution is 5.89. The van der Waals surface area contributed by atoms with E-state index in [-0.39, 0.29) is 11.5 Å². The Kier molecular flexibility index (Phi) is 3.29. The number of carbonyl (C=O) groups is 1. The summed E-state index contributed by atoms with van der Waals surface area (Å²) in [4.78, 5) is 15.2. The standard InChI is InChI=1S/C11H16N2O2/c1-11(2,3)13-9-6-5-8(7-12-9)10(14)15-4/h5-7H,1-4H3,(H,12,13). The number of hydrogen-bond donors (Lipinski definition) is 1. The van der Waals surface area contributed by atoms with E-state index in [0.717, 1.165) is 5.82 Å². The highest BCUT2D eigenvalue weighted by atomic mass is 16.5. The van der Waals surface area contributed by atoms with Crippen LogP contribution in [0.4, 0.5) is 5.82 Å². The fourth-order valence-corrected chi connectivity index (χ4v) is 1.09. The van der Waals surface area contributed by atoms with Crippen molar-refractivity contribution in [3.05, 3.63) is 23.9 Å². The summed E-state index contributed by atoms with van der Waals surface area (Å²) in [7, 11) is 1.35. The zero-order valence-electron chi connectivity index (χ0n) is 9.50. The van der Waals surface area contributed by atoms with Crippen LogP contribution in [0.5, 0.6) is 0 Å². The van der Waals surface area contributed by atoms with Crippen molar-refractivity contribution < 1.29 is 9.53 Å². The van der Waals surface area contributed by atoms with Crippen molar-refractivity contribution in [3.8, 4) is 0 Å². The van der Waals surface area contributed by atoms with Crippen molar-refractivity contribution in [2.24, 2.45) is 0 Å². The fraction of sp³-hybridized carbons (Fsp3) is 0.455. The van der Waals surface area contributed by atoms with E-state index < -0.39 is 0 Å². The minimum Gasteiger partial charge on any atom is -0.465 e. The molecule has 0 aliphatic carbocycles. The average molecular weight is 208 g/mol. The van der Waals surface area contributed by atoms with Crippen LogP contribution >= 0.6 is 0 Å². The summed E-state index contributed by atoms with van der Waals surface area (Å²) in [5, 5.41) is 3.20.